The van der Waals surface area contributed by atoms with Crippen LogP contribution in [0.25, 0.3) is 11.3 Å². The number of carbonyl (C=O) groups excluding carboxylic acids is 4. The molecule has 0 fully saturated rings. The van der Waals surface area contributed by atoms with E-state index in [1.807, 2.05) is 45.0 Å². The van der Waals surface area contributed by atoms with E-state index >= 15 is 0 Å². The summed E-state index contributed by atoms with van der Waals surface area (Å²) >= 11 is 54.5. The molecule has 8 aromatic heterocycles. The first-order valence-corrected chi connectivity index (χ1v) is 54.2. The van der Waals surface area contributed by atoms with Crippen LogP contribution in [0.1, 0.15) is 130 Å². The Bertz CT molecular complexity index is 5350. The number of ether oxygens (including phenoxy) is 4. The van der Waals surface area contributed by atoms with Gasteiger partial charge in [-0.15, -0.1) is 0 Å². The van der Waals surface area contributed by atoms with Crippen LogP contribution in [0.3, 0.4) is 0 Å². The zero-order chi connectivity index (χ0) is 98.0. The van der Waals surface area contributed by atoms with Gasteiger partial charge in [-0.3, -0.25) is 25.2 Å². The number of benzene rings is 2. The van der Waals surface area contributed by atoms with Gasteiger partial charge in [-0.25, -0.2) is 58.8 Å². The Morgan fingerprint density at radius 3 is 1.44 bits per heavy atom. The number of aromatic carboxylic acids is 2. The first kappa shape index (κ1) is 115. The van der Waals surface area contributed by atoms with Crippen molar-refractivity contribution in [1.29, 1.82) is 5.26 Å². The van der Waals surface area contributed by atoms with Crippen molar-refractivity contribution in [2.24, 2.45) is 0 Å². The van der Waals surface area contributed by atoms with Crippen LogP contribution < -0.4 is 34.2 Å². The number of nitriles is 1. The molecule has 32 nitrogen and oxygen atoms in total. The number of nitrogens with one attached hydrogen (secondary N) is 3. The molecule has 10 rings (SSSR count). The smallest absolute Gasteiger partial charge is 0.420 e. The van der Waals surface area contributed by atoms with E-state index in [0.29, 0.717) is 123 Å². The van der Waals surface area contributed by atoms with E-state index in [2.05, 4.69) is 128 Å². The van der Waals surface area contributed by atoms with E-state index < -0.39 is 77.1 Å². The third kappa shape index (κ3) is 45.5. The summed E-state index contributed by atoms with van der Waals surface area (Å²) in [5.74, 6) is -1.14. The minimum Gasteiger partial charge on any atom is -0.478 e. The second-order valence-corrected chi connectivity index (χ2v) is 51.3. The summed E-state index contributed by atoms with van der Waals surface area (Å²) in [5, 5.41) is 63.1. The number of aromatic nitrogens is 10. The van der Waals surface area contributed by atoms with Gasteiger partial charge in [-0.1, -0.05) is 93.3 Å². The molecule has 130 heavy (non-hydrogen) atoms. The Balaban J connectivity index is 0.000000397. The monoisotopic (exact) mass is 2250 g/mol. The van der Waals surface area contributed by atoms with Gasteiger partial charge in [-0.2, -0.15) is 5.26 Å². The fraction of sp³-hybridized carbons (Fsp3) is 0.337. The molecule has 0 atom stereocenters. The van der Waals surface area contributed by atoms with Crippen molar-refractivity contribution in [3.63, 3.8) is 0 Å². The number of pyridine rings is 6. The van der Waals surface area contributed by atoms with Crippen LogP contribution in [-0.4, -0.2) is 192 Å². The zero-order valence-electron chi connectivity index (χ0n) is 73.6. The number of carboxylic acid groups (broad SMARTS) is 2. The molecule has 2 aromatic carbocycles. The Hall–Kier alpha value is -8.95. The molecular weight excluding hydrogens is 2150 g/mol. The second kappa shape index (κ2) is 56.8. The van der Waals surface area contributed by atoms with Crippen LogP contribution in [0, 0.1) is 11.3 Å². The van der Waals surface area contributed by atoms with Crippen molar-refractivity contribution in [2.45, 2.75) is 146 Å². The molecular formula is C86H100Br3Cl8N17O15Sn. The summed E-state index contributed by atoms with van der Waals surface area (Å²) < 4.78 is 24.1. The van der Waals surface area contributed by atoms with E-state index in [9.17, 15) is 28.8 Å². The number of carbonyl (C=O) groups is 6. The molecule has 0 bridgehead atoms. The molecule has 0 saturated carbocycles. The van der Waals surface area contributed by atoms with Crippen molar-refractivity contribution in [3.8, 4) is 17.3 Å². The van der Waals surface area contributed by atoms with Gasteiger partial charge in [0.2, 0.25) is 0 Å². The molecule has 0 aliphatic heterocycles. The van der Waals surface area contributed by atoms with Gasteiger partial charge >= 0.3 is 178 Å². The van der Waals surface area contributed by atoms with Crippen LogP contribution in [0.5, 0.6) is 0 Å². The Morgan fingerprint density at radius 1 is 0.477 bits per heavy atom. The minimum atomic E-state index is -2.45. The van der Waals surface area contributed by atoms with E-state index in [4.69, 9.17) is 143 Å². The summed E-state index contributed by atoms with van der Waals surface area (Å²) in [6.45, 7) is 24.5. The third-order valence-corrected chi connectivity index (χ3v) is 25.5. The minimum absolute atomic E-state index is 0.00563. The Kier molecular flexibility index (Phi) is 50.4. The number of aliphatic hydroxyl groups excluding tert-OH is 3. The molecule has 0 aliphatic carbocycles. The van der Waals surface area contributed by atoms with Gasteiger partial charge in [0.15, 0.2) is 5.82 Å². The molecule has 44 heteroatoms. The van der Waals surface area contributed by atoms with Crippen molar-refractivity contribution in [2.75, 3.05) is 70.1 Å². The van der Waals surface area contributed by atoms with Gasteiger partial charge in [-0.05, 0) is 196 Å². The fourth-order valence-electron chi connectivity index (χ4n) is 9.35. The second-order valence-electron chi connectivity index (χ2n) is 31.3. The number of hydrogen-bond donors (Lipinski definition) is 8. The first-order chi connectivity index (χ1) is 60.7. The van der Waals surface area contributed by atoms with Gasteiger partial charge < -0.3 is 45.3 Å². The fourth-order valence-corrected chi connectivity index (χ4v) is 17.0. The molecule has 0 radical (unpaired) electrons. The van der Waals surface area contributed by atoms with Gasteiger partial charge in [0.25, 0.3) is 0 Å². The number of anilines is 8. The number of nitrogens with zero attached hydrogens (tertiary/aromatic N) is 14. The summed E-state index contributed by atoms with van der Waals surface area (Å²) in [5.41, 5.74) is 3.11. The number of amides is 4. The average Bonchev–Trinajstić information content (AvgIpc) is 0.851. The summed E-state index contributed by atoms with van der Waals surface area (Å²) in [4.78, 5) is 121. The number of halogens is 11. The zero-order valence-corrected chi connectivity index (χ0v) is 87.3. The maximum Gasteiger partial charge on any atom is 0.420 e. The van der Waals surface area contributed by atoms with E-state index in [0.717, 1.165) is 15.0 Å². The molecule has 10 aromatic rings. The third-order valence-electron chi connectivity index (χ3n) is 14.7. The predicted octanol–water partition coefficient (Wildman–Crippen LogP) is 23.6. The van der Waals surface area contributed by atoms with Crippen molar-refractivity contribution in [1.82, 2.24) is 49.8 Å². The maximum absolute atomic E-state index is 12.5. The SMILES string of the molecule is CC#N.CC(C)(C)OC(=O)N(CCCO)c1cnc(Cl)[c]([Sn]([CH3])([CH3])[CH3])c1.CC(C)(C)OC(=O)N(CCCO)c1cnc(Cl)c(Br)c1.CC(C)(C)OC(=O)N(c1cccc(Cl)c1)c1cncc(Cl)n1.CC(C)(C)OC(=O)Nc1cnc(Cl)c(Br)c1.O=C(O)c1cccnc1.O=C(O)c1cnc(Cl)c(Br)c1.OCCCNc1cnc(Cl)c(-c2cncc(Nc3cccc(Cl)c3)n2)c1. The number of rotatable bonds is 21. The van der Waals surface area contributed by atoms with E-state index in [1.54, 1.807) is 148 Å². The summed E-state index contributed by atoms with van der Waals surface area (Å²) in [6, 6.07) is 27.5. The van der Waals surface area contributed by atoms with E-state index in [-0.39, 0.29) is 47.1 Å². The molecule has 700 valence electrons. The average molecular weight is 2250 g/mol. The molecule has 8 N–H and O–H groups in total. The van der Waals surface area contributed by atoms with Crippen LogP contribution in [0.2, 0.25) is 55.8 Å². The quantitative estimate of drug-likeness (QED) is 0.0143. The van der Waals surface area contributed by atoms with Gasteiger partial charge in [0, 0.05) is 73.1 Å². The first-order valence-electron chi connectivity index (χ1n) is 38.8. The molecule has 4 amide bonds. The van der Waals surface area contributed by atoms with Crippen LogP contribution in [0.4, 0.5) is 64.9 Å². The van der Waals surface area contributed by atoms with Gasteiger partial charge in [0.1, 0.15) is 48.4 Å². The molecule has 0 spiro atoms. The van der Waals surface area contributed by atoms with Crippen molar-refractivity contribution in [3.05, 3.63) is 225 Å². The Labute approximate surface area is 824 Å². The predicted molar refractivity (Wildman–Crippen MR) is 525 cm³/mol. The standard InChI is InChI=1S/C18H17Cl2N5O.C15H15Cl2N3O2.C13H18BrClN2O3.C13H18ClN2O3.C10H12BrClN2O2.C6H3BrClNO2.C6H5NO2.C2H3N.3CH3.Sn/c19-12-3-1-4-13(7-12)24-17-11-21-10-16(25-17)15-8-14(9-23-18(15)20)22-5-2-6-26;1-15(2,3)22-14(21)20(11-6-4-5-10(16)7-11)13-9-18-8-12(17)19-13;1-13(2,3)20-12(19)17(5-4-6-18)9-7-10(14)11(15)16-8-9;1-13(2,3)19-12(18)16(7-4-8-17)10-5-6-11(14)15-9-10;1-10(2,3)16-9(15)14-6-4-7(11)8(12)13-5-6;7-4-1-3(6(10)11)2-9-5(4)8;8-6(9)5-2-1-3-7-4-5;1-2-3;;;;/h1,3-4,7-11,22,26H,2,5-6H2,(H,24,25);4-9H,1-3H3;7-8,18H,4-6H2,1-3H3;5,9,17H,4,7-8H2,1-3H3;4-5H,1-3H3,(H,14,15);1-2H,(H,10,11);1-4H,(H,8,9);1H3;3*1H3;. The maximum atomic E-state index is 12.5. The summed E-state index contributed by atoms with van der Waals surface area (Å²) in [7, 11) is 0. The van der Waals surface area contributed by atoms with E-state index in [1.165, 1.54) is 77.1 Å². The van der Waals surface area contributed by atoms with Crippen molar-refractivity contribution < 1.29 is 73.2 Å². The van der Waals surface area contributed by atoms with Crippen LogP contribution >= 0.6 is 141 Å². The number of hydrogen-bond acceptors (Lipinski definition) is 26. The molecule has 0 unspecified atom stereocenters. The number of aliphatic hydroxyl groups is 3. The van der Waals surface area contributed by atoms with Crippen molar-refractivity contribution >= 4 is 245 Å². The van der Waals surface area contributed by atoms with Gasteiger partial charge in [0.05, 0.1) is 102 Å². The summed E-state index contributed by atoms with van der Waals surface area (Å²) in [6.07, 6.45) is 15.8. The number of carboxylic acids is 2. The largest absolute Gasteiger partial charge is 0.478 e. The van der Waals surface area contributed by atoms with Crippen LogP contribution in [-0.2, 0) is 18.9 Å². The molecule has 8 heterocycles. The van der Waals surface area contributed by atoms with Crippen LogP contribution in [0.15, 0.2) is 173 Å². The topological polar surface area (TPSA) is 439 Å². The molecule has 0 aliphatic rings. The molecule has 0 saturated heterocycles. The Morgan fingerprint density at radius 2 is 0.962 bits per heavy atom. The normalized spacial score (nSPS) is 10.7.